The number of nitrogens with zero attached hydrogens (tertiary/aromatic N) is 3. The van der Waals surface area contributed by atoms with Crippen LogP contribution >= 0.6 is 34.7 Å². The number of aromatic nitrogens is 2. The number of benzene rings is 2. The van der Waals surface area contributed by atoms with Crippen LogP contribution in [0.2, 0.25) is 5.02 Å². The standard InChI is InChI=1S/C19H19ClN4O4S3/c1-3-28-16-7-5-4-6-15(16)24(31(26,27)14-10-8-13(20)9-11-14)12-17(25)21-18-22-23-19(29-2)30-18/h4-11H,3,12H2,1-2H3,(H,21,22,25). The van der Waals surface area contributed by atoms with Crippen LogP contribution in [0.1, 0.15) is 6.92 Å². The highest BCUT2D eigenvalue weighted by Gasteiger charge is 2.29. The second-order valence-corrected chi connectivity index (χ2v) is 10.3. The van der Waals surface area contributed by atoms with Crippen molar-refractivity contribution in [2.24, 2.45) is 0 Å². The van der Waals surface area contributed by atoms with Gasteiger partial charge in [-0.05, 0) is 49.6 Å². The molecule has 0 saturated carbocycles. The molecule has 0 atom stereocenters. The molecule has 0 aliphatic carbocycles. The maximum absolute atomic E-state index is 13.5. The molecule has 3 rings (SSSR count). The molecule has 1 N–H and O–H groups in total. The van der Waals surface area contributed by atoms with Crippen LogP contribution in [-0.4, -0.2) is 43.9 Å². The van der Waals surface area contributed by atoms with Crippen molar-refractivity contribution in [2.75, 3.05) is 29.0 Å². The lowest BCUT2D eigenvalue weighted by atomic mass is 10.3. The zero-order valence-electron chi connectivity index (χ0n) is 16.6. The molecule has 0 aliphatic rings. The number of thioether (sulfide) groups is 1. The van der Waals surface area contributed by atoms with E-state index in [9.17, 15) is 13.2 Å². The summed E-state index contributed by atoms with van der Waals surface area (Å²) in [5.41, 5.74) is 0.247. The van der Waals surface area contributed by atoms with Crippen molar-refractivity contribution in [3.63, 3.8) is 0 Å². The van der Waals surface area contributed by atoms with Crippen molar-refractivity contribution in [3.8, 4) is 5.75 Å². The summed E-state index contributed by atoms with van der Waals surface area (Å²) >= 11 is 8.51. The number of carbonyl (C=O) groups excluding carboxylic acids is 1. The second kappa shape index (κ2) is 10.3. The number of anilines is 2. The summed E-state index contributed by atoms with van der Waals surface area (Å²) in [7, 11) is -4.10. The van der Waals surface area contributed by atoms with E-state index in [4.69, 9.17) is 16.3 Å². The first-order chi connectivity index (χ1) is 14.8. The molecule has 0 aliphatic heterocycles. The molecular formula is C19H19ClN4O4S3. The number of sulfonamides is 1. The van der Waals surface area contributed by atoms with Gasteiger partial charge in [0.15, 0.2) is 4.34 Å². The highest BCUT2D eigenvalue weighted by Crippen LogP contribution is 2.33. The minimum absolute atomic E-state index is 0.00316. The molecule has 1 amide bonds. The fraction of sp³-hybridized carbons (Fsp3) is 0.211. The van der Waals surface area contributed by atoms with Gasteiger partial charge in [-0.2, -0.15) is 0 Å². The molecule has 164 valence electrons. The molecule has 0 bridgehead atoms. The molecule has 0 saturated heterocycles. The number of hydrogen-bond acceptors (Lipinski definition) is 8. The Labute approximate surface area is 193 Å². The Bertz CT molecular complexity index is 1150. The van der Waals surface area contributed by atoms with Crippen LogP contribution in [0.25, 0.3) is 0 Å². The molecular weight excluding hydrogens is 480 g/mol. The fourth-order valence-corrected chi connectivity index (χ4v) is 5.35. The van der Waals surface area contributed by atoms with Gasteiger partial charge in [0.05, 0.1) is 17.2 Å². The number of amides is 1. The maximum Gasteiger partial charge on any atom is 0.264 e. The number of para-hydroxylation sites is 2. The van der Waals surface area contributed by atoms with Gasteiger partial charge in [-0.15, -0.1) is 10.2 Å². The van der Waals surface area contributed by atoms with Gasteiger partial charge in [0, 0.05) is 5.02 Å². The second-order valence-electron chi connectivity index (χ2n) is 5.99. The number of nitrogens with one attached hydrogen (secondary N) is 1. The topological polar surface area (TPSA) is 101 Å². The molecule has 0 radical (unpaired) electrons. The van der Waals surface area contributed by atoms with E-state index in [0.717, 1.165) is 4.31 Å². The Morgan fingerprint density at radius 3 is 2.55 bits per heavy atom. The van der Waals surface area contributed by atoms with Crippen molar-refractivity contribution in [1.29, 1.82) is 0 Å². The van der Waals surface area contributed by atoms with Crippen molar-refractivity contribution in [1.82, 2.24) is 10.2 Å². The molecule has 1 aromatic heterocycles. The monoisotopic (exact) mass is 498 g/mol. The van der Waals surface area contributed by atoms with E-state index in [1.165, 1.54) is 47.4 Å². The van der Waals surface area contributed by atoms with Crippen molar-refractivity contribution >= 4 is 61.4 Å². The van der Waals surface area contributed by atoms with Crippen molar-refractivity contribution < 1.29 is 17.9 Å². The molecule has 2 aromatic carbocycles. The quantitative estimate of drug-likeness (QED) is 0.349. The van der Waals surface area contributed by atoms with E-state index in [1.54, 1.807) is 31.2 Å². The molecule has 3 aromatic rings. The van der Waals surface area contributed by atoms with E-state index in [0.29, 0.717) is 21.7 Å². The third-order valence-electron chi connectivity index (χ3n) is 3.95. The minimum Gasteiger partial charge on any atom is -0.492 e. The largest absolute Gasteiger partial charge is 0.492 e. The van der Waals surface area contributed by atoms with Crippen LogP contribution in [0.4, 0.5) is 10.8 Å². The smallest absolute Gasteiger partial charge is 0.264 e. The lowest BCUT2D eigenvalue weighted by molar-refractivity contribution is -0.114. The van der Waals surface area contributed by atoms with Gasteiger partial charge < -0.3 is 4.74 Å². The zero-order valence-corrected chi connectivity index (χ0v) is 19.8. The summed E-state index contributed by atoms with van der Waals surface area (Å²) in [6.07, 6.45) is 1.84. The predicted molar refractivity (Wildman–Crippen MR) is 124 cm³/mol. The van der Waals surface area contributed by atoms with E-state index in [-0.39, 0.29) is 15.7 Å². The normalized spacial score (nSPS) is 11.2. The molecule has 0 unspecified atom stereocenters. The van der Waals surface area contributed by atoms with E-state index < -0.39 is 22.5 Å². The summed E-state index contributed by atoms with van der Waals surface area (Å²) in [6, 6.07) is 12.4. The Hall–Kier alpha value is -2.34. The Kier molecular flexibility index (Phi) is 7.76. The van der Waals surface area contributed by atoms with Gasteiger partial charge in [-0.1, -0.05) is 46.8 Å². The number of halogens is 1. The van der Waals surface area contributed by atoms with Crippen LogP contribution < -0.4 is 14.4 Å². The van der Waals surface area contributed by atoms with E-state index in [2.05, 4.69) is 15.5 Å². The van der Waals surface area contributed by atoms with Crippen LogP contribution in [0.5, 0.6) is 5.75 Å². The van der Waals surface area contributed by atoms with Crippen molar-refractivity contribution in [2.45, 2.75) is 16.2 Å². The van der Waals surface area contributed by atoms with Gasteiger partial charge in [0.25, 0.3) is 10.0 Å². The summed E-state index contributed by atoms with van der Waals surface area (Å²) in [4.78, 5) is 12.7. The SMILES string of the molecule is CCOc1ccccc1N(CC(=O)Nc1nnc(SC)s1)S(=O)(=O)c1ccc(Cl)cc1. The lowest BCUT2D eigenvalue weighted by Crippen LogP contribution is -2.38. The summed E-state index contributed by atoms with van der Waals surface area (Å²) < 4.78 is 34.2. The first kappa shape index (κ1) is 23.3. The van der Waals surface area contributed by atoms with Crippen LogP contribution in [0.15, 0.2) is 57.8 Å². The summed E-state index contributed by atoms with van der Waals surface area (Å²) in [6.45, 7) is 1.64. The Morgan fingerprint density at radius 1 is 1.19 bits per heavy atom. The van der Waals surface area contributed by atoms with Gasteiger partial charge in [0.2, 0.25) is 11.0 Å². The molecule has 31 heavy (non-hydrogen) atoms. The average Bonchev–Trinajstić information content (AvgIpc) is 3.20. The number of ether oxygens (including phenoxy) is 1. The first-order valence-electron chi connectivity index (χ1n) is 9.02. The highest BCUT2D eigenvalue weighted by atomic mass is 35.5. The van der Waals surface area contributed by atoms with Gasteiger partial charge in [-0.25, -0.2) is 8.42 Å². The number of carbonyl (C=O) groups is 1. The predicted octanol–water partition coefficient (Wildman–Crippen LogP) is 4.15. The van der Waals surface area contributed by atoms with Gasteiger partial charge in [0.1, 0.15) is 12.3 Å². The lowest BCUT2D eigenvalue weighted by Gasteiger charge is -2.25. The zero-order chi connectivity index (χ0) is 22.4. The van der Waals surface area contributed by atoms with Crippen LogP contribution in [-0.2, 0) is 14.8 Å². The van der Waals surface area contributed by atoms with Crippen LogP contribution in [0, 0.1) is 0 Å². The number of hydrogen-bond donors (Lipinski definition) is 1. The van der Waals surface area contributed by atoms with E-state index in [1.807, 2.05) is 6.26 Å². The first-order valence-corrected chi connectivity index (χ1v) is 12.9. The number of rotatable bonds is 9. The minimum atomic E-state index is -4.10. The van der Waals surface area contributed by atoms with E-state index >= 15 is 0 Å². The summed E-state index contributed by atoms with van der Waals surface area (Å²) in [5, 5.41) is 11.1. The third kappa shape index (κ3) is 5.67. The molecule has 1 heterocycles. The fourth-order valence-electron chi connectivity index (χ4n) is 2.61. The molecule has 12 heteroatoms. The maximum atomic E-state index is 13.5. The highest BCUT2D eigenvalue weighted by molar-refractivity contribution is 8.00. The van der Waals surface area contributed by atoms with Gasteiger partial charge in [-0.3, -0.25) is 14.4 Å². The summed E-state index contributed by atoms with van der Waals surface area (Å²) in [5.74, 6) is -0.219. The van der Waals surface area contributed by atoms with Gasteiger partial charge >= 0.3 is 0 Å². The molecule has 0 fully saturated rings. The average molecular weight is 499 g/mol. The third-order valence-corrected chi connectivity index (χ3v) is 7.79. The Balaban J connectivity index is 1.98. The Morgan fingerprint density at radius 2 is 1.90 bits per heavy atom. The van der Waals surface area contributed by atoms with Crippen LogP contribution in [0.3, 0.4) is 0 Å². The molecule has 8 nitrogen and oxygen atoms in total. The molecule has 0 spiro atoms. The van der Waals surface area contributed by atoms with Crippen molar-refractivity contribution in [3.05, 3.63) is 53.6 Å².